The van der Waals surface area contributed by atoms with Crippen molar-refractivity contribution < 1.29 is 14.7 Å². The molecule has 2 aliphatic carbocycles. The maximum atomic E-state index is 14.0. The van der Waals surface area contributed by atoms with Crippen molar-refractivity contribution >= 4 is 33.7 Å². The van der Waals surface area contributed by atoms with Crippen LogP contribution in [0, 0.1) is 0 Å². The van der Waals surface area contributed by atoms with Crippen molar-refractivity contribution in [2.45, 2.75) is 102 Å². The first kappa shape index (κ1) is 24.3. The van der Waals surface area contributed by atoms with E-state index in [1.165, 1.54) is 90.0 Å². The molecule has 2 aromatic carbocycles. The van der Waals surface area contributed by atoms with E-state index in [1.54, 1.807) is 6.07 Å². The molecular formula is C34H37N3O3. The molecule has 6 heteroatoms. The largest absolute Gasteiger partial charge is 0.478 e. The summed E-state index contributed by atoms with van der Waals surface area (Å²) in [6.45, 7) is 2.33. The molecule has 206 valence electrons. The van der Waals surface area contributed by atoms with Gasteiger partial charge in [0.05, 0.1) is 16.8 Å². The molecule has 2 aromatic heterocycles. The van der Waals surface area contributed by atoms with Crippen molar-refractivity contribution in [3.8, 4) is 11.3 Å². The highest BCUT2D eigenvalue weighted by Gasteiger charge is 2.39. The number of carbonyl (C=O) groups excluding carboxylic acids is 1. The highest BCUT2D eigenvalue weighted by atomic mass is 16.4. The fourth-order valence-corrected chi connectivity index (χ4v) is 8.59. The number of aromatic carboxylic acids is 1. The normalized spacial score (nSPS) is 20.1. The van der Waals surface area contributed by atoms with Crippen molar-refractivity contribution in [2.24, 2.45) is 0 Å². The molecule has 40 heavy (non-hydrogen) atoms. The molecule has 2 saturated carbocycles. The third-order valence-corrected chi connectivity index (χ3v) is 10.4. The molecular weight excluding hydrogens is 498 g/mol. The molecule has 0 atom stereocenters. The number of hydrogen-bond acceptors (Lipinski definition) is 2. The average Bonchev–Trinajstić information content (AvgIpc) is 3.60. The van der Waals surface area contributed by atoms with Gasteiger partial charge in [-0.15, -0.1) is 0 Å². The van der Waals surface area contributed by atoms with E-state index < -0.39 is 5.97 Å². The Morgan fingerprint density at radius 2 is 1.55 bits per heavy atom. The van der Waals surface area contributed by atoms with E-state index in [0.29, 0.717) is 17.5 Å². The minimum atomic E-state index is -0.879. The van der Waals surface area contributed by atoms with Gasteiger partial charge < -0.3 is 19.1 Å². The summed E-state index contributed by atoms with van der Waals surface area (Å²) in [7, 11) is 0. The topological polar surface area (TPSA) is 67.5 Å². The minimum absolute atomic E-state index is 0.226. The van der Waals surface area contributed by atoms with Gasteiger partial charge >= 0.3 is 5.97 Å². The number of hydrogen-bond donors (Lipinski definition) is 1. The number of amides is 1. The van der Waals surface area contributed by atoms with E-state index in [-0.39, 0.29) is 5.91 Å². The molecule has 2 aliphatic heterocycles. The number of aromatic nitrogens is 2. The highest BCUT2D eigenvalue weighted by Crippen LogP contribution is 2.48. The van der Waals surface area contributed by atoms with Gasteiger partial charge in [-0.05, 0) is 55.7 Å². The zero-order valence-corrected chi connectivity index (χ0v) is 23.1. The van der Waals surface area contributed by atoms with Crippen LogP contribution in [0.1, 0.15) is 109 Å². The van der Waals surface area contributed by atoms with Crippen LogP contribution in [0.25, 0.3) is 33.1 Å². The summed E-state index contributed by atoms with van der Waals surface area (Å²) in [6.07, 6.45) is 13.0. The zero-order valence-electron chi connectivity index (χ0n) is 23.1. The number of aryl methyl sites for hydroxylation is 2. The Labute approximate surface area is 234 Å². The summed E-state index contributed by atoms with van der Waals surface area (Å²) >= 11 is 0. The third kappa shape index (κ3) is 3.47. The first-order valence-electron chi connectivity index (χ1n) is 15.5. The Balaban J connectivity index is 1.37. The second-order valence-electron chi connectivity index (χ2n) is 12.5. The average molecular weight is 536 g/mol. The summed E-state index contributed by atoms with van der Waals surface area (Å²) in [6, 6.07) is 12.7. The third-order valence-electron chi connectivity index (χ3n) is 10.4. The summed E-state index contributed by atoms with van der Waals surface area (Å²) in [5, 5.41) is 12.2. The van der Waals surface area contributed by atoms with E-state index in [1.807, 2.05) is 6.07 Å². The van der Waals surface area contributed by atoms with Crippen molar-refractivity contribution in [3.63, 3.8) is 0 Å². The molecule has 6 nitrogen and oxygen atoms in total. The van der Waals surface area contributed by atoms with E-state index in [0.717, 1.165) is 50.1 Å². The lowest BCUT2D eigenvalue weighted by molar-refractivity contribution is 0.0650. The number of fused-ring (bicyclic) bond motifs is 7. The van der Waals surface area contributed by atoms with Crippen LogP contribution >= 0.6 is 0 Å². The summed E-state index contributed by atoms with van der Waals surface area (Å²) in [5.41, 5.74) is 8.57. The van der Waals surface area contributed by atoms with Gasteiger partial charge in [0, 0.05) is 53.1 Å². The molecule has 1 amide bonds. The Hall–Kier alpha value is -3.54. The van der Waals surface area contributed by atoms with Gasteiger partial charge in [0.2, 0.25) is 0 Å². The lowest BCUT2D eigenvalue weighted by Gasteiger charge is -2.31. The Kier molecular flexibility index (Phi) is 5.61. The lowest BCUT2D eigenvalue weighted by atomic mass is 9.81. The summed E-state index contributed by atoms with van der Waals surface area (Å²) in [5.74, 6) is -0.184. The van der Waals surface area contributed by atoms with Crippen molar-refractivity contribution in [1.29, 1.82) is 0 Å². The highest BCUT2D eigenvalue weighted by molar-refractivity contribution is 6.09. The van der Waals surface area contributed by atoms with E-state index in [4.69, 9.17) is 0 Å². The predicted molar refractivity (Wildman–Crippen MR) is 157 cm³/mol. The van der Waals surface area contributed by atoms with Crippen LogP contribution in [-0.2, 0) is 19.6 Å². The van der Waals surface area contributed by atoms with Crippen LogP contribution in [0.3, 0.4) is 0 Å². The fourth-order valence-electron chi connectivity index (χ4n) is 8.59. The van der Waals surface area contributed by atoms with Gasteiger partial charge in [-0.25, -0.2) is 4.79 Å². The fraction of sp³-hybridized carbons (Fsp3) is 0.471. The van der Waals surface area contributed by atoms with Gasteiger partial charge in [-0.3, -0.25) is 4.79 Å². The van der Waals surface area contributed by atoms with Gasteiger partial charge in [-0.2, -0.15) is 0 Å². The maximum Gasteiger partial charge on any atom is 0.335 e. The zero-order chi connectivity index (χ0) is 27.0. The Bertz CT molecular complexity index is 1680. The number of benzene rings is 2. The van der Waals surface area contributed by atoms with Crippen LogP contribution in [0.4, 0.5) is 0 Å². The summed E-state index contributed by atoms with van der Waals surface area (Å²) in [4.78, 5) is 28.2. The van der Waals surface area contributed by atoms with Gasteiger partial charge in [0.15, 0.2) is 0 Å². The number of nitrogens with zero attached hydrogens (tertiary/aromatic N) is 3. The van der Waals surface area contributed by atoms with Gasteiger partial charge in [-0.1, -0.05) is 62.8 Å². The molecule has 0 spiro atoms. The predicted octanol–water partition coefficient (Wildman–Crippen LogP) is 7.70. The second-order valence-corrected chi connectivity index (χ2v) is 12.5. The smallest absolute Gasteiger partial charge is 0.335 e. The lowest BCUT2D eigenvalue weighted by Crippen LogP contribution is -2.37. The summed E-state index contributed by atoms with van der Waals surface area (Å²) < 4.78 is 4.78. The number of para-hydroxylation sites is 1. The molecule has 2 fully saturated rings. The number of carboxylic acid groups (broad SMARTS) is 1. The standard InChI is InChI=1S/C34H37N3O3/c38-33-32-27(20-37(33)23-11-5-2-6-12-23)24-13-7-14-26-30(24)36(32)18-8-17-35-28-19-22(34(39)40)15-16-25(28)29(31(26)35)21-9-3-1-4-10-21/h7,13-16,19,21,23H,1-6,8-12,17-18,20H2,(H,39,40). The molecule has 4 aliphatic rings. The van der Waals surface area contributed by atoms with E-state index >= 15 is 0 Å². The van der Waals surface area contributed by atoms with Crippen molar-refractivity contribution in [3.05, 3.63) is 58.8 Å². The molecule has 0 radical (unpaired) electrons. The monoisotopic (exact) mass is 535 g/mol. The minimum Gasteiger partial charge on any atom is -0.478 e. The molecule has 0 saturated heterocycles. The molecule has 0 unspecified atom stereocenters. The second kappa shape index (κ2) is 9.25. The van der Waals surface area contributed by atoms with Crippen LogP contribution in [0.15, 0.2) is 36.4 Å². The van der Waals surface area contributed by atoms with Crippen molar-refractivity contribution in [2.75, 3.05) is 0 Å². The Morgan fingerprint density at radius 3 is 2.33 bits per heavy atom. The molecule has 8 rings (SSSR count). The first-order chi connectivity index (χ1) is 19.6. The van der Waals surface area contributed by atoms with Crippen molar-refractivity contribution in [1.82, 2.24) is 14.0 Å². The Morgan fingerprint density at radius 1 is 0.800 bits per heavy atom. The van der Waals surface area contributed by atoms with Gasteiger partial charge in [0.25, 0.3) is 5.91 Å². The first-order valence-corrected chi connectivity index (χ1v) is 15.5. The van der Waals surface area contributed by atoms with Gasteiger partial charge in [0.1, 0.15) is 5.69 Å². The van der Waals surface area contributed by atoms with E-state index in [2.05, 4.69) is 38.3 Å². The van der Waals surface area contributed by atoms with Crippen LogP contribution in [0.5, 0.6) is 0 Å². The molecule has 0 bridgehead atoms. The van der Waals surface area contributed by atoms with E-state index in [9.17, 15) is 14.7 Å². The molecule has 4 heterocycles. The molecule has 1 N–H and O–H groups in total. The maximum absolute atomic E-state index is 14.0. The van der Waals surface area contributed by atoms with Crippen LogP contribution in [0.2, 0.25) is 0 Å². The van der Waals surface area contributed by atoms with Crippen LogP contribution in [-0.4, -0.2) is 37.1 Å². The number of rotatable bonds is 3. The quantitative estimate of drug-likeness (QED) is 0.292. The molecule has 4 aromatic rings. The van der Waals surface area contributed by atoms with Crippen LogP contribution < -0.4 is 0 Å². The number of carboxylic acids is 1. The number of carbonyl (C=O) groups is 2. The SMILES string of the molecule is O=C(O)c1ccc2c(C3CCCCC3)c3n(c2c1)CCCn1c2c(c4cccc-3c41)CN(C1CCCCC1)C2=O.